The molecule has 0 bridgehead atoms. The van der Waals surface area contributed by atoms with Crippen LogP contribution in [0.5, 0.6) is 5.75 Å². The Kier molecular flexibility index (Phi) is 5.81. The number of likely N-dealkylation sites (N-methyl/N-ethyl adjacent to an activating group) is 1. The number of aliphatic imine (C=N–C) groups is 1. The standard InChI is InChI=1S/C21H20ClN3O2S2/c1-4-24-16-12-15(27-3)9-10-17(16)28-20(24)18-19(26)25(5-2)21(29-18)23-14-8-6-7-13(22)11-14/h6-12H,4-5H2,1-3H3. The van der Waals surface area contributed by atoms with E-state index in [-0.39, 0.29) is 5.91 Å². The lowest BCUT2D eigenvalue weighted by Gasteiger charge is -2.19. The van der Waals surface area contributed by atoms with Crippen LogP contribution in [0, 0.1) is 0 Å². The second-order valence-electron chi connectivity index (χ2n) is 6.34. The molecule has 1 amide bonds. The summed E-state index contributed by atoms with van der Waals surface area (Å²) < 4.78 is 5.38. The Bertz CT molecular complexity index is 1040. The summed E-state index contributed by atoms with van der Waals surface area (Å²) in [6.07, 6.45) is 0. The third kappa shape index (κ3) is 3.74. The smallest absolute Gasteiger partial charge is 0.269 e. The summed E-state index contributed by atoms with van der Waals surface area (Å²) >= 11 is 9.13. The number of nitrogens with zero attached hydrogens (tertiary/aromatic N) is 3. The van der Waals surface area contributed by atoms with Gasteiger partial charge < -0.3 is 9.64 Å². The summed E-state index contributed by atoms with van der Waals surface area (Å²) in [4.78, 5) is 23.6. The molecule has 1 saturated heterocycles. The van der Waals surface area contributed by atoms with Crippen molar-refractivity contribution in [1.82, 2.24) is 4.90 Å². The molecule has 0 saturated carbocycles. The van der Waals surface area contributed by atoms with Gasteiger partial charge in [-0.05, 0) is 55.9 Å². The zero-order chi connectivity index (χ0) is 20.5. The molecule has 1 fully saturated rings. The van der Waals surface area contributed by atoms with Crippen LogP contribution >= 0.6 is 35.1 Å². The fraction of sp³-hybridized carbons (Fsp3) is 0.238. The molecule has 5 nitrogen and oxygen atoms in total. The number of carbonyl (C=O) groups excluding carboxylic acids is 1. The number of benzene rings is 2. The molecule has 0 unspecified atom stereocenters. The lowest BCUT2D eigenvalue weighted by molar-refractivity contribution is -0.122. The SMILES string of the molecule is CCN1C(=O)C(=C2Sc3ccc(OC)cc3N2CC)SC1=Nc1cccc(Cl)c1. The Morgan fingerprint density at radius 2 is 1.86 bits per heavy atom. The van der Waals surface area contributed by atoms with Gasteiger partial charge in [0.2, 0.25) is 0 Å². The highest BCUT2D eigenvalue weighted by Crippen LogP contribution is 2.51. The van der Waals surface area contributed by atoms with Crippen LogP contribution in [0.1, 0.15) is 13.8 Å². The van der Waals surface area contributed by atoms with Gasteiger partial charge in [-0.3, -0.25) is 9.69 Å². The molecule has 8 heteroatoms. The molecule has 0 aromatic heterocycles. The molecule has 0 atom stereocenters. The number of rotatable bonds is 4. The van der Waals surface area contributed by atoms with Gasteiger partial charge in [0, 0.05) is 29.1 Å². The molecule has 0 spiro atoms. The van der Waals surface area contributed by atoms with Gasteiger partial charge in [-0.25, -0.2) is 4.99 Å². The van der Waals surface area contributed by atoms with Crippen molar-refractivity contribution >= 4 is 57.6 Å². The Morgan fingerprint density at radius 1 is 1.07 bits per heavy atom. The van der Waals surface area contributed by atoms with E-state index in [0.717, 1.165) is 33.6 Å². The minimum atomic E-state index is -0.0148. The number of thioether (sulfide) groups is 2. The van der Waals surface area contributed by atoms with Crippen LogP contribution in [0.3, 0.4) is 0 Å². The number of fused-ring (bicyclic) bond motifs is 1. The van der Waals surface area contributed by atoms with Crippen molar-refractivity contribution in [2.45, 2.75) is 18.7 Å². The Hall–Kier alpha value is -2.09. The minimum Gasteiger partial charge on any atom is -0.497 e. The van der Waals surface area contributed by atoms with E-state index in [1.807, 2.05) is 43.3 Å². The van der Waals surface area contributed by atoms with Crippen LogP contribution < -0.4 is 9.64 Å². The van der Waals surface area contributed by atoms with E-state index in [2.05, 4.69) is 16.8 Å². The highest BCUT2D eigenvalue weighted by atomic mass is 35.5. The minimum absolute atomic E-state index is 0.0148. The van der Waals surface area contributed by atoms with Crippen molar-refractivity contribution in [2.75, 3.05) is 25.1 Å². The number of halogens is 1. The largest absolute Gasteiger partial charge is 0.497 e. The number of ether oxygens (including phenoxy) is 1. The molecule has 150 valence electrons. The first-order valence-corrected chi connectivity index (χ1v) is 11.3. The summed E-state index contributed by atoms with van der Waals surface area (Å²) in [6, 6.07) is 13.3. The normalized spacial score (nSPS) is 20.0. The molecule has 2 aromatic carbocycles. The zero-order valence-corrected chi connectivity index (χ0v) is 18.7. The van der Waals surface area contributed by atoms with Gasteiger partial charge in [-0.2, -0.15) is 0 Å². The molecule has 0 aliphatic carbocycles. The molecule has 4 rings (SSSR count). The molecule has 2 aliphatic heterocycles. The highest BCUT2D eigenvalue weighted by Gasteiger charge is 2.39. The fourth-order valence-corrected chi connectivity index (χ4v) is 5.85. The average molecular weight is 446 g/mol. The van der Waals surface area contributed by atoms with Gasteiger partial charge in [0.15, 0.2) is 5.17 Å². The van der Waals surface area contributed by atoms with Crippen molar-refractivity contribution in [1.29, 1.82) is 0 Å². The van der Waals surface area contributed by atoms with E-state index in [9.17, 15) is 4.79 Å². The third-order valence-corrected chi connectivity index (χ3v) is 7.25. The van der Waals surface area contributed by atoms with E-state index in [4.69, 9.17) is 16.3 Å². The van der Waals surface area contributed by atoms with Crippen LogP contribution in [-0.4, -0.2) is 36.2 Å². The predicted octanol–water partition coefficient (Wildman–Crippen LogP) is 5.73. The quantitative estimate of drug-likeness (QED) is 0.562. The fourth-order valence-electron chi connectivity index (χ4n) is 3.23. The zero-order valence-electron chi connectivity index (χ0n) is 16.3. The maximum atomic E-state index is 13.2. The number of hydrogen-bond donors (Lipinski definition) is 0. The van der Waals surface area contributed by atoms with Gasteiger partial charge in [0.25, 0.3) is 5.91 Å². The summed E-state index contributed by atoms with van der Waals surface area (Å²) in [6.45, 7) is 5.35. The molecule has 2 aromatic rings. The molecule has 29 heavy (non-hydrogen) atoms. The first kappa shape index (κ1) is 20.2. The van der Waals surface area contributed by atoms with Crippen molar-refractivity contribution in [3.05, 3.63) is 57.4 Å². The van der Waals surface area contributed by atoms with E-state index in [0.29, 0.717) is 21.6 Å². The van der Waals surface area contributed by atoms with E-state index >= 15 is 0 Å². The molecule has 2 aliphatic rings. The summed E-state index contributed by atoms with van der Waals surface area (Å²) in [5.41, 5.74) is 1.80. The number of amides is 1. The van der Waals surface area contributed by atoms with E-state index in [1.54, 1.807) is 29.8 Å². The maximum Gasteiger partial charge on any atom is 0.269 e. The predicted molar refractivity (Wildman–Crippen MR) is 122 cm³/mol. The number of hydrogen-bond acceptors (Lipinski definition) is 6. The molecular weight excluding hydrogens is 426 g/mol. The van der Waals surface area contributed by atoms with E-state index < -0.39 is 0 Å². The first-order chi connectivity index (χ1) is 14.0. The van der Waals surface area contributed by atoms with Crippen LogP contribution in [0.15, 0.2) is 62.3 Å². The van der Waals surface area contributed by atoms with Crippen molar-refractivity contribution in [3.8, 4) is 5.75 Å². The topological polar surface area (TPSA) is 45.1 Å². The monoisotopic (exact) mass is 445 g/mol. The average Bonchev–Trinajstić information content (AvgIpc) is 3.23. The van der Waals surface area contributed by atoms with Crippen LogP contribution in [0.25, 0.3) is 0 Å². The number of anilines is 1. The van der Waals surface area contributed by atoms with Crippen molar-refractivity contribution < 1.29 is 9.53 Å². The number of carbonyl (C=O) groups is 1. The summed E-state index contributed by atoms with van der Waals surface area (Å²) in [5.74, 6) is 0.789. The van der Waals surface area contributed by atoms with Gasteiger partial charge in [0.05, 0.1) is 18.5 Å². The Balaban J connectivity index is 1.74. The molecule has 0 N–H and O–H groups in total. The first-order valence-electron chi connectivity index (χ1n) is 9.27. The van der Waals surface area contributed by atoms with Gasteiger partial charge in [0.1, 0.15) is 15.7 Å². The molecule has 2 heterocycles. The van der Waals surface area contributed by atoms with Gasteiger partial charge >= 0.3 is 0 Å². The second kappa shape index (κ2) is 8.34. The molecular formula is C21H20ClN3O2S2. The lowest BCUT2D eigenvalue weighted by Crippen LogP contribution is -2.29. The van der Waals surface area contributed by atoms with E-state index in [1.165, 1.54) is 11.8 Å². The Labute approximate surface area is 183 Å². The molecule has 0 radical (unpaired) electrons. The maximum absolute atomic E-state index is 13.2. The van der Waals surface area contributed by atoms with Crippen molar-refractivity contribution in [3.63, 3.8) is 0 Å². The summed E-state index contributed by atoms with van der Waals surface area (Å²) in [7, 11) is 1.66. The van der Waals surface area contributed by atoms with Gasteiger partial charge in [-0.1, -0.05) is 29.4 Å². The number of methoxy groups -OCH3 is 1. The third-order valence-electron chi connectivity index (χ3n) is 4.63. The summed E-state index contributed by atoms with van der Waals surface area (Å²) in [5, 5.41) is 2.24. The number of amidine groups is 1. The van der Waals surface area contributed by atoms with Crippen LogP contribution in [0.2, 0.25) is 5.02 Å². The van der Waals surface area contributed by atoms with Gasteiger partial charge in [-0.15, -0.1) is 0 Å². The van der Waals surface area contributed by atoms with Crippen molar-refractivity contribution in [2.24, 2.45) is 4.99 Å². The second-order valence-corrected chi connectivity index (χ2v) is 8.78. The van der Waals surface area contributed by atoms with Crippen LogP contribution in [-0.2, 0) is 4.79 Å². The Morgan fingerprint density at radius 3 is 2.55 bits per heavy atom. The van der Waals surface area contributed by atoms with Crippen LogP contribution in [0.4, 0.5) is 11.4 Å². The lowest BCUT2D eigenvalue weighted by atomic mass is 10.2. The highest BCUT2D eigenvalue weighted by molar-refractivity contribution is 8.19.